The van der Waals surface area contributed by atoms with Crippen molar-refractivity contribution in [2.75, 3.05) is 28.6 Å². The second-order valence-corrected chi connectivity index (χ2v) is 13.9. The van der Waals surface area contributed by atoms with Gasteiger partial charge in [-0.05, 0) is 75.9 Å². The highest BCUT2D eigenvalue weighted by Crippen LogP contribution is 2.30. The third kappa shape index (κ3) is 6.78. The summed E-state index contributed by atoms with van der Waals surface area (Å²) in [5.74, 6) is 0.880. The maximum Gasteiger partial charge on any atom is 0.328 e. The number of nitrogens with one attached hydrogen (secondary N) is 3. The number of anilines is 4. The first-order valence-corrected chi connectivity index (χ1v) is 16.9. The second kappa shape index (κ2) is 12.9. The Morgan fingerprint density at radius 2 is 1.80 bits per heavy atom. The van der Waals surface area contributed by atoms with E-state index in [1.807, 2.05) is 36.4 Å². The number of carbonyl (C=O) groups is 1. The fourth-order valence-corrected chi connectivity index (χ4v) is 6.72. The number of rotatable bonds is 9. The first-order chi connectivity index (χ1) is 23.4. The van der Waals surface area contributed by atoms with Crippen LogP contribution in [-0.4, -0.2) is 81.2 Å². The van der Waals surface area contributed by atoms with Gasteiger partial charge < -0.3 is 31.1 Å². The predicted molar refractivity (Wildman–Crippen MR) is 187 cm³/mol. The Kier molecular flexibility index (Phi) is 8.67. The topological polar surface area (TPSA) is 180 Å². The Hall–Kier alpha value is -4.73. The van der Waals surface area contributed by atoms with Gasteiger partial charge in [0.1, 0.15) is 16.8 Å². The van der Waals surface area contributed by atoms with E-state index >= 15 is 0 Å². The van der Waals surface area contributed by atoms with Crippen molar-refractivity contribution in [2.45, 2.75) is 76.4 Å². The summed E-state index contributed by atoms with van der Waals surface area (Å²) >= 11 is 6.53. The summed E-state index contributed by atoms with van der Waals surface area (Å²) in [6.45, 7) is 5.33. The smallest absolute Gasteiger partial charge is 0.328 e. The number of halogens is 1. The molecule has 0 radical (unpaired) electrons. The summed E-state index contributed by atoms with van der Waals surface area (Å²) in [7, 11) is 1.74. The summed E-state index contributed by atoms with van der Waals surface area (Å²) in [6, 6.07) is 11.4. The molecular weight excluding hydrogens is 650 g/mol. The van der Waals surface area contributed by atoms with Gasteiger partial charge >= 0.3 is 5.69 Å². The quantitative estimate of drug-likeness (QED) is 0.153. The van der Waals surface area contributed by atoms with E-state index < -0.39 is 11.8 Å². The van der Waals surface area contributed by atoms with Crippen LogP contribution in [-0.2, 0) is 18.4 Å². The van der Waals surface area contributed by atoms with Gasteiger partial charge in [-0.1, -0.05) is 16.8 Å². The van der Waals surface area contributed by atoms with Crippen molar-refractivity contribution < 1.29 is 15.0 Å². The third-order valence-corrected chi connectivity index (χ3v) is 9.64. The highest BCUT2D eigenvalue weighted by atomic mass is 35.5. The fourth-order valence-electron chi connectivity index (χ4n) is 6.59. The minimum atomic E-state index is -0.999. The van der Waals surface area contributed by atoms with Gasteiger partial charge in [0, 0.05) is 50.5 Å². The summed E-state index contributed by atoms with van der Waals surface area (Å²) in [4.78, 5) is 36.0. The van der Waals surface area contributed by atoms with Crippen LogP contribution in [0.2, 0.25) is 5.02 Å². The molecule has 258 valence electrons. The largest absolute Gasteiger partial charge is 0.390 e. The number of aromatic nitrogens is 7. The summed E-state index contributed by atoms with van der Waals surface area (Å²) < 4.78 is 4.97. The SMILES string of the molecule is Cn1c(=O)n(CCC(C)(C)O)c2cc(Nc3nc(N4CCC(Nc5ccc6c(c5)nnn6C5CCC(=O)NC5O)CC4)ncc3Cl)ccc21. The molecule has 5 heterocycles. The van der Waals surface area contributed by atoms with Crippen LogP contribution in [0.5, 0.6) is 0 Å². The first-order valence-electron chi connectivity index (χ1n) is 16.5. The molecule has 15 nitrogen and oxygen atoms in total. The molecule has 0 spiro atoms. The van der Waals surface area contributed by atoms with Crippen LogP contribution in [0.25, 0.3) is 22.1 Å². The van der Waals surface area contributed by atoms with Gasteiger partial charge in [0.15, 0.2) is 5.82 Å². The monoisotopic (exact) mass is 689 g/mol. The van der Waals surface area contributed by atoms with Crippen LogP contribution in [0.3, 0.4) is 0 Å². The molecule has 5 aromatic rings. The number of piperidine rings is 2. The zero-order valence-corrected chi connectivity index (χ0v) is 28.4. The molecule has 5 N–H and O–H groups in total. The molecule has 2 aliphatic rings. The van der Waals surface area contributed by atoms with Crippen LogP contribution < -0.4 is 26.5 Å². The van der Waals surface area contributed by atoms with Gasteiger partial charge in [-0.25, -0.2) is 14.5 Å². The molecule has 1 amide bonds. The molecule has 3 aromatic heterocycles. The second-order valence-electron chi connectivity index (χ2n) is 13.5. The molecule has 2 aromatic carbocycles. The molecule has 2 unspecified atom stereocenters. The predicted octanol–water partition coefficient (Wildman–Crippen LogP) is 3.28. The lowest BCUT2D eigenvalue weighted by molar-refractivity contribution is -0.128. The van der Waals surface area contributed by atoms with Crippen LogP contribution in [0.15, 0.2) is 47.4 Å². The number of fused-ring (bicyclic) bond motifs is 2. The van der Waals surface area contributed by atoms with Gasteiger partial charge in [0.2, 0.25) is 11.9 Å². The minimum Gasteiger partial charge on any atom is -0.390 e. The Balaban J connectivity index is 1.00. The number of aliphatic hydroxyl groups is 2. The molecule has 2 fully saturated rings. The molecule has 2 atom stereocenters. The maximum atomic E-state index is 12.9. The van der Waals surface area contributed by atoms with Gasteiger partial charge in [0.25, 0.3) is 0 Å². The lowest BCUT2D eigenvalue weighted by Crippen LogP contribution is -2.45. The first kappa shape index (κ1) is 32.8. The highest BCUT2D eigenvalue weighted by Gasteiger charge is 2.30. The Morgan fingerprint density at radius 3 is 2.55 bits per heavy atom. The van der Waals surface area contributed by atoms with Crippen molar-refractivity contribution >= 4 is 62.7 Å². The molecular formula is C33H40ClN11O4. The molecule has 0 aliphatic carbocycles. The molecule has 2 saturated heterocycles. The Labute approximate surface area is 286 Å². The standard InChI is InChI=1S/C33H40ClN11O4/c1-33(2,49)12-15-44-27-17-21(5-7-25(27)42(3)32(44)48)37-29-22(34)18-35-31(39-29)43-13-10-19(11-14-43)36-20-4-6-24-23(16-20)40-41-45(24)26-8-9-28(46)38-30(26)47/h4-7,16-19,26,30,36,47,49H,8-15H2,1-3H3,(H,38,46)(H,35,37,39). The number of imidazole rings is 1. The summed E-state index contributed by atoms with van der Waals surface area (Å²) in [5.41, 5.74) is 3.68. The van der Waals surface area contributed by atoms with Crippen LogP contribution in [0.4, 0.5) is 23.1 Å². The van der Waals surface area contributed by atoms with E-state index in [-0.39, 0.29) is 23.7 Å². The maximum absolute atomic E-state index is 12.9. The van der Waals surface area contributed by atoms with Crippen molar-refractivity contribution in [3.8, 4) is 0 Å². The number of benzene rings is 2. The molecule has 2 aliphatic heterocycles. The number of aliphatic hydroxyl groups excluding tert-OH is 1. The molecule has 7 rings (SSSR count). The normalized spacial score (nSPS) is 19.1. The number of hydrogen-bond donors (Lipinski definition) is 5. The van der Waals surface area contributed by atoms with E-state index in [4.69, 9.17) is 16.6 Å². The average molecular weight is 690 g/mol. The van der Waals surface area contributed by atoms with Crippen LogP contribution in [0.1, 0.15) is 52.0 Å². The van der Waals surface area contributed by atoms with Crippen LogP contribution >= 0.6 is 11.6 Å². The molecule has 49 heavy (non-hydrogen) atoms. The molecule has 0 saturated carbocycles. The lowest BCUT2D eigenvalue weighted by atomic mass is 10.0. The Morgan fingerprint density at radius 1 is 1.04 bits per heavy atom. The number of nitrogens with zero attached hydrogens (tertiary/aromatic N) is 8. The van der Waals surface area contributed by atoms with Crippen molar-refractivity contribution in [1.29, 1.82) is 0 Å². The van der Waals surface area contributed by atoms with E-state index in [2.05, 4.69) is 36.1 Å². The zero-order valence-electron chi connectivity index (χ0n) is 27.6. The van der Waals surface area contributed by atoms with Gasteiger partial charge in [-0.15, -0.1) is 5.10 Å². The van der Waals surface area contributed by atoms with Gasteiger partial charge in [0.05, 0.1) is 34.4 Å². The van der Waals surface area contributed by atoms with Gasteiger partial charge in [-0.2, -0.15) is 4.98 Å². The Bertz CT molecular complexity index is 2080. The number of carbonyl (C=O) groups excluding carboxylic acids is 1. The number of amides is 1. The van der Waals surface area contributed by atoms with Crippen molar-refractivity contribution in [1.82, 2.24) is 39.4 Å². The van der Waals surface area contributed by atoms with Gasteiger partial charge in [-0.3, -0.25) is 13.9 Å². The number of aryl methyl sites for hydroxylation is 2. The lowest BCUT2D eigenvalue weighted by Gasteiger charge is -2.33. The van der Waals surface area contributed by atoms with Crippen molar-refractivity contribution in [3.05, 3.63) is 58.1 Å². The molecule has 16 heteroatoms. The number of hydrogen-bond acceptors (Lipinski definition) is 11. The van der Waals surface area contributed by atoms with E-state index in [0.29, 0.717) is 48.1 Å². The summed E-state index contributed by atoms with van der Waals surface area (Å²) in [5, 5.41) is 39.1. The van der Waals surface area contributed by atoms with E-state index in [0.717, 1.165) is 53.9 Å². The minimum absolute atomic E-state index is 0.141. The average Bonchev–Trinajstić information content (AvgIpc) is 3.58. The molecule has 0 bridgehead atoms. The third-order valence-electron chi connectivity index (χ3n) is 9.36. The van der Waals surface area contributed by atoms with E-state index in [9.17, 15) is 19.8 Å². The zero-order chi connectivity index (χ0) is 34.4. The fraction of sp³-hybridized carbons (Fsp3) is 0.455. The van der Waals surface area contributed by atoms with Crippen LogP contribution in [0, 0.1) is 0 Å². The van der Waals surface area contributed by atoms with Crippen molar-refractivity contribution in [2.24, 2.45) is 7.05 Å². The highest BCUT2D eigenvalue weighted by molar-refractivity contribution is 6.32. The van der Waals surface area contributed by atoms with Crippen molar-refractivity contribution in [3.63, 3.8) is 0 Å². The van der Waals surface area contributed by atoms with E-state index in [1.54, 1.807) is 40.9 Å². The summed E-state index contributed by atoms with van der Waals surface area (Å²) in [6.07, 6.45) is 3.59. The van der Waals surface area contributed by atoms with E-state index in [1.165, 1.54) is 0 Å².